The molecule has 3 N–H and O–H groups in total. The largest absolute Gasteiger partial charge is 0.349 e. The van der Waals surface area contributed by atoms with Crippen LogP contribution in [0, 0.1) is 12.3 Å². The Labute approximate surface area is 115 Å². The number of aryl methyl sites for hydroxylation is 1. The van der Waals surface area contributed by atoms with Crippen LogP contribution < -0.4 is 11.1 Å². The second kappa shape index (κ2) is 5.74. The minimum absolute atomic E-state index is 0.0396. The summed E-state index contributed by atoms with van der Waals surface area (Å²) in [7, 11) is 0. The fourth-order valence-corrected chi connectivity index (χ4v) is 3.08. The first-order chi connectivity index (χ1) is 9.09. The Kier molecular flexibility index (Phi) is 4.25. The minimum Gasteiger partial charge on any atom is -0.349 e. The Bertz CT molecular complexity index is 450. The van der Waals surface area contributed by atoms with Gasteiger partial charge >= 0.3 is 0 Å². The van der Waals surface area contributed by atoms with Crippen LogP contribution in [0.15, 0.2) is 24.3 Å². The highest BCUT2D eigenvalue weighted by Gasteiger charge is 2.40. The maximum atomic E-state index is 12.5. The number of nitrogens with one attached hydrogen (secondary N) is 1. The molecule has 0 aromatic heterocycles. The smallest absolute Gasteiger partial charge is 0.227 e. The molecular weight excluding hydrogens is 236 g/mol. The number of hydrogen-bond donors (Lipinski definition) is 2. The van der Waals surface area contributed by atoms with Crippen LogP contribution in [0.1, 0.15) is 49.8 Å². The van der Waals surface area contributed by atoms with E-state index in [0.717, 1.165) is 25.7 Å². The molecule has 3 heteroatoms. The van der Waals surface area contributed by atoms with Crippen molar-refractivity contribution in [3.63, 3.8) is 0 Å². The molecule has 19 heavy (non-hydrogen) atoms. The zero-order chi connectivity index (χ0) is 13.9. The van der Waals surface area contributed by atoms with Crippen molar-refractivity contribution in [1.82, 2.24) is 5.32 Å². The second-order valence-electron chi connectivity index (χ2n) is 5.74. The number of benzene rings is 1. The Morgan fingerprint density at radius 1 is 1.37 bits per heavy atom. The minimum atomic E-state index is -0.322. The molecule has 2 rings (SSSR count). The first-order valence-corrected chi connectivity index (χ1v) is 7.16. The summed E-state index contributed by atoms with van der Waals surface area (Å²) in [6, 6.07) is 8.22. The SMILES string of the molecule is Cc1ccccc1[C@@H](C)NC(=O)C1(CN)CCCC1. The van der Waals surface area contributed by atoms with Crippen molar-refractivity contribution in [1.29, 1.82) is 0 Å². The molecule has 1 aliphatic carbocycles. The maximum Gasteiger partial charge on any atom is 0.227 e. The third-order valence-electron chi connectivity index (χ3n) is 4.44. The summed E-state index contributed by atoms with van der Waals surface area (Å²) in [5.41, 5.74) is 7.92. The average molecular weight is 260 g/mol. The van der Waals surface area contributed by atoms with Crippen molar-refractivity contribution >= 4 is 5.91 Å². The topological polar surface area (TPSA) is 55.1 Å². The van der Waals surface area contributed by atoms with Gasteiger partial charge in [-0.05, 0) is 37.8 Å². The molecule has 1 atom stereocenters. The lowest BCUT2D eigenvalue weighted by molar-refractivity contribution is -0.131. The number of carbonyl (C=O) groups is 1. The summed E-state index contributed by atoms with van der Waals surface area (Å²) in [5.74, 6) is 0.128. The summed E-state index contributed by atoms with van der Waals surface area (Å²) in [6.07, 6.45) is 4.08. The highest BCUT2D eigenvalue weighted by atomic mass is 16.2. The third-order valence-corrected chi connectivity index (χ3v) is 4.44. The quantitative estimate of drug-likeness (QED) is 0.874. The summed E-state index contributed by atoms with van der Waals surface area (Å²) >= 11 is 0. The number of rotatable bonds is 4. The van der Waals surface area contributed by atoms with Crippen LogP contribution in [0.3, 0.4) is 0 Å². The molecule has 0 saturated heterocycles. The van der Waals surface area contributed by atoms with Gasteiger partial charge in [-0.2, -0.15) is 0 Å². The Morgan fingerprint density at radius 3 is 2.58 bits per heavy atom. The number of hydrogen-bond acceptors (Lipinski definition) is 2. The van der Waals surface area contributed by atoms with E-state index >= 15 is 0 Å². The van der Waals surface area contributed by atoms with Gasteiger partial charge < -0.3 is 11.1 Å². The zero-order valence-corrected chi connectivity index (χ0v) is 11.9. The maximum absolute atomic E-state index is 12.5. The van der Waals surface area contributed by atoms with Gasteiger partial charge in [0.2, 0.25) is 5.91 Å². The first-order valence-electron chi connectivity index (χ1n) is 7.16. The number of carbonyl (C=O) groups excluding carboxylic acids is 1. The lowest BCUT2D eigenvalue weighted by atomic mass is 9.85. The van der Waals surface area contributed by atoms with Gasteiger partial charge in [0, 0.05) is 6.54 Å². The van der Waals surface area contributed by atoms with Crippen molar-refractivity contribution in [2.75, 3.05) is 6.54 Å². The van der Waals surface area contributed by atoms with Gasteiger partial charge in [0.15, 0.2) is 0 Å². The average Bonchev–Trinajstić information content (AvgIpc) is 2.89. The monoisotopic (exact) mass is 260 g/mol. The Morgan fingerprint density at radius 2 is 2.00 bits per heavy atom. The zero-order valence-electron chi connectivity index (χ0n) is 11.9. The normalized spacial score (nSPS) is 19.1. The summed E-state index contributed by atoms with van der Waals surface area (Å²) in [5, 5.41) is 3.15. The van der Waals surface area contributed by atoms with E-state index in [1.165, 1.54) is 11.1 Å². The van der Waals surface area contributed by atoms with Crippen molar-refractivity contribution in [3.8, 4) is 0 Å². The van der Waals surface area contributed by atoms with E-state index in [0.29, 0.717) is 6.54 Å². The van der Waals surface area contributed by atoms with Crippen molar-refractivity contribution in [2.45, 2.75) is 45.6 Å². The van der Waals surface area contributed by atoms with Crippen LogP contribution >= 0.6 is 0 Å². The van der Waals surface area contributed by atoms with Crippen molar-refractivity contribution < 1.29 is 4.79 Å². The van der Waals surface area contributed by atoms with Crippen LogP contribution in [0.4, 0.5) is 0 Å². The van der Waals surface area contributed by atoms with Crippen molar-refractivity contribution in [2.24, 2.45) is 11.1 Å². The predicted octanol–water partition coefficient (Wildman–Crippen LogP) is 2.69. The third kappa shape index (κ3) is 2.81. The second-order valence-corrected chi connectivity index (χ2v) is 5.74. The van der Waals surface area contributed by atoms with Gasteiger partial charge in [-0.3, -0.25) is 4.79 Å². The highest BCUT2D eigenvalue weighted by Crippen LogP contribution is 2.37. The van der Waals surface area contributed by atoms with E-state index in [1.54, 1.807) is 0 Å². The highest BCUT2D eigenvalue weighted by molar-refractivity contribution is 5.83. The van der Waals surface area contributed by atoms with Crippen LogP contribution in [-0.2, 0) is 4.79 Å². The van der Waals surface area contributed by atoms with Crippen LogP contribution in [0.25, 0.3) is 0 Å². The van der Waals surface area contributed by atoms with E-state index in [2.05, 4.69) is 24.4 Å². The molecule has 1 fully saturated rings. The standard InChI is InChI=1S/C16H24N2O/c1-12-7-3-4-8-14(12)13(2)18-15(19)16(11-17)9-5-6-10-16/h3-4,7-8,13H,5-6,9-11,17H2,1-2H3,(H,18,19)/t13-/m1/s1. The van der Waals surface area contributed by atoms with E-state index < -0.39 is 0 Å². The van der Waals surface area contributed by atoms with Gasteiger partial charge in [0.05, 0.1) is 11.5 Å². The fraction of sp³-hybridized carbons (Fsp3) is 0.562. The van der Waals surface area contributed by atoms with E-state index in [9.17, 15) is 4.79 Å². The molecule has 104 valence electrons. The number of amides is 1. The summed E-state index contributed by atoms with van der Waals surface area (Å²) in [4.78, 5) is 12.5. The fourth-order valence-electron chi connectivity index (χ4n) is 3.08. The van der Waals surface area contributed by atoms with E-state index in [-0.39, 0.29) is 17.4 Å². The lowest BCUT2D eigenvalue weighted by Crippen LogP contribution is -2.45. The molecular formula is C16H24N2O. The van der Waals surface area contributed by atoms with Crippen molar-refractivity contribution in [3.05, 3.63) is 35.4 Å². The molecule has 1 aliphatic rings. The molecule has 1 aromatic carbocycles. The molecule has 0 bridgehead atoms. The molecule has 0 radical (unpaired) electrons. The van der Waals surface area contributed by atoms with Gasteiger partial charge in [-0.1, -0.05) is 37.1 Å². The summed E-state index contributed by atoms with van der Waals surface area (Å²) in [6.45, 7) is 4.57. The molecule has 1 saturated carbocycles. The molecule has 1 amide bonds. The summed E-state index contributed by atoms with van der Waals surface area (Å²) < 4.78 is 0. The number of nitrogens with two attached hydrogens (primary N) is 1. The molecule has 0 aliphatic heterocycles. The van der Waals surface area contributed by atoms with E-state index in [4.69, 9.17) is 5.73 Å². The van der Waals surface area contributed by atoms with Gasteiger partial charge in [0.1, 0.15) is 0 Å². The first kappa shape index (κ1) is 14.1. The predicted molar refractivity (Wildman–Crippen MR) is 77.7 cm³/mol. The van der Waals surface area contributed by atoms with Gasteiger partial charge in [-0.15, -0.1) is 0 Å². The van der Waals surface area contributed by atoms with Crippen LogP contribution in [-0.4, -0.2) is 12.5 Å². The van der Waals surface area contributed by atoms with Gasteiger partial charge in [0.25, 0.3) is 0 Å². The molecule has 0 heterocycles. The molecule has 0 spiro atoms. The van der Waals surface area contributed by atoms with Crippen LogP contribution in [0.5, 0.6) is 0 Å². The lowest BCUT2D eigenvalue weighted by Gasteiger charge is -2.28. The van der Waals surface area contributed by atoms with E-state index in [1.807, 2.05) is 19.1 Å². The van der Waals surface area contributed by atoms with Gasteiger partial charge in [-0.25, -0.2) is 0 Å². The molecule has 1 aromatic rings. The molecule has 0 unspecified atom stereocenters. The Balaban J connectivity index is 2.08. The Hall–Kier alpha value is -1.35. The van der Waals surface area contributed by atoms with Crippen LogP contribution in [0.2, 0.25) is 0 Å². The molecule has 3 nitrogen and oxygen atoms in total.